The number of sulfonamides is 1. The van der Waals surface area contributed by atoms with E-state index in [0.717, 1.165) is 11.6 Å². The van der Waals surface area contributed by atoms with Crippen LogP contribution in [0, 0.1) is 5.82 Å². The van der Waals surface area contributed by atoms with Crippen molar-refractivity contribution in [1.82, 2.24) is 4.31 Å². The van der Waals surface area contributed by atoms with E-state index in [1.165, 1.54) is 16.4 Å². The quantitative estimate of drug-likeness (QED) is 0.800. The largest absolute Gasteiger partial charge is 0.379 e. The molecule has 2 aromatic carbocycles. The number of carbonyl (C=O) groups is 1. The number of amides is 1. The SMILES string of the molecule is CCC(C(=O)Nc1ccc(F)c(S(=O)(=O)N2CCOCC2)c1)c1ccccc1. The number of hydrogen-bond acceptors (Lipinski definition) is 4. The van der Waals surface area contributed by atoms with Crippen LogP contribution in [-0.4, -0.2) is 44.9 Å². The van der Waals surface area contributed by atoms with Gasteiger partial charge in [-0.05, 0) is 30.2 Å². The van der Waals surface area contributed by atoms with Crippen LogP contribution < -0.4 is 5.32 Å². The number of carbonyl (C=O) groups excluding carboxylic acids is 1. The number of ether oxygens (including phenoxy) is 1. The Hall–Kier alpha value is -2.29. The van der Waals surface area contributed by atoms with E-state index in [0.29, 0.717) is 6.42 Å². The fourth-order valence-corrected chi connectivity index (χ4v) is 4.69. The second-order valence-electron chi connectivity index (χ2n) is 6.52. The van der Waals surface area contributed by atoms with Crippen LogP contribution in [0.4, 0.5) is 10.1 Å². The molecule has 0 saturated carbocycles. The van der Waals surface area contributed by atoms with Crippen molar-refractivity contribution in [1.29, 1.82) is 0 Å². The standard InChI is InChI=1S/C20H23FN2O4S/c1-2-17(15-6-4-3-5-7-15)20(24)22-16-8-9-18(21)19(14-16)28(25,26)23-10-12-27-13-11-23/h3-9,14,17H,2,10-13H2,1H3,(H,22,24). The average Bonchev–Trinajstić information content (AvgIpc) is 2.71. The van der Waals surface area contributed by atoms with Crippen LogP contribution in [-0.2, 0) is 19.6 Å². The zero-order valence-corrected chi connectivity index (χ0v) is 16.4. The predicted octanol–water partition coefficient (Wildman–Crippen LogP) is 2.98. The van der Waals surface area contributed by atoms with Crippen LogP contribution in [0.2, 0.25) is 0 Å². The van der Waals surface area contributed by atoms with Crippen molar-refractivity contribution in [2.45, 2.75) is 24.2 Å². The van der Waals surface area contributed by atoms with Crippen molar-refractivity contribution in [2.75, 3.05) is 31.6 Å². The van der Waals surface area contributed by atoms with E-state index in [1.807, 2.05) is 37.3 Å². The monoisotopic (exact) mass is 406 g/mol. The van der Waals surface area contributed by atoms with E-state index in [2.05, 4.69) is 5.32 Å². The molecule has 1 unspecified atom stereocenters. The Morgan fingerprint density at radius 3 is 2.50 bits per heavy atom. The Morgan fingerprint density at radius 2 is 1.86 bits per heavy atom. The minimum absolute atomic E-state index is 0.171. The number of anilines is 1. The van der Waals surface area contributed by atoms with Crippen LogP contribution in [0.15, 0.2) is 53.4 Å². The highest BCUT2D eigenvalue weighted by Gasteiger charge is 2.29. The van der Waals surface area contributed by atoms with Crippen LogP contribution in [0.25, 0.3) is 0 Å². The molecule has 1 amide bonds. The van der Waals surface area contributed by atoms with Crippen LogP contribution in [0.1, 0.15) is 24.8 Å². The van der Waals surface area contributed by atoms with Crippen molar-refractivity contribution in [3.05, 3.63) is 59.9 Å². The molecule has 0 spiro atoms. The van der Waals surface area contributed by atoms with Crippen molar-refractivity contribution in [3.8, 4) is 0 Å². The van der Waals surface area contributed by atoms with Crippen molar-refractivity contribution < 1.29 is 22.3 Å². The number of morpholine rings is 1. The van der Waals surface area contributed by atoms with Gasteiger partial charge in [0.25, 0.3) is 0 Å². The molecule has 1 fully saturated rings. The lowest BCUT2D eigenvalue weighted by molar-refractivity contribution is -0.117. The van der Waals surface area contributed by atoms with Gasteiger partial charge in [0.05, 0.1) is 19.1 Å². The summed E-state index contributed by atoms with van der Waals surface area (Å²) in [7, 11) is -4.00. The van der Waals surface area contributed by atoms with Gasteiger partial charge in [-0.1, -0.05) is 37.3 Å². The summed E-state index contributed by atoms with van der Waals surface area (Å²) in [6, 6.07) is 12.9. The van der Waals surface area contributed by atoms with Crippen LogP contribution in [0.5, 0.6) is 0 Å². The second-order valence-corrected chi connectivity index (χ2v) is 8.43. The fourth-order valence-electron chi connectivity index (χ4n) is 3.19. The minimum Gasteiger partial charge on any atom is -0.379 e. The molecule has 1 heterocycles. The number of nitrogens with zero attached hydrogens (tertiary/aromatic N) is 1. The molecular formula is C20H23FN2O4S. The fraction of sp³-hybridized carbons (Fsp3) is 0.350. The average molecular weight is 406 g/mol. The first-order valence-electron chi connectivity index (χ1n) is 9.16. The molecule has 0 radical (unpaired) electrons. The summed E-state index contributed by atoms with van der Waals surface area (Å²) in [5, 5.41) is 2.72. The normalized spacial score (nSPS) is 16.5. The molecule has 1 aliphatic rings. The number of rotatable bonds is 6. The van der Waals surface area contributed by atoms with Crippen molar-refractivity contribution in [3.63, 3.8) is 0 Å². The number of halogens is 1. The van der Waals surface area contributed by atoms with Gasteiger partial charge in [-0.3, -0.25) is 4.79 Å². The molecule has 1 N–H and O–H groups in total. The topological polar surface area (TPSA) is 75.7 Å². The Bertz CT molecular complexity index is 928. The number of hydrogen-bond donors (Lipinski definition) is 1. The molecule has 0 aromatic heterocycles. The molecular weight excluding hydrogens is 383 g/mol. The Morgan fingerprint density at radius 1 is 1.18 bits per heavy atom. The summed E-state index contributed by atoms with van der Waals surface area (Å²) in [5.74, 6) is -1.50. The highest BCUT2D eigenvalue weighted by Crippen LogP contribution is 2.26. The third kappa shape index (κ3) is 4.40. The molecule has 8 heteroatoms. The Kier molecular flexibility index (Phi) is 6.43. The molecule has 1 atom stereocenters. The first-order chi connectivity index (χ1) is 13.4. The van der Waals surface area contributed by atoms with E-state index in [9.17, 15) is 17.6 Å². The van der Waals surface area contributed by atoms with Gasteiger partial charge < -0.3 is 10.1 Å². The molecule has 6 nitrogen and oxygen atoms in total. The maximum absolute atomic E-state index is 14.3. The summed E-state index contributed by atoms with van der Waals surface area (Å²) in [4.78, 5) is 12.3. The van der Waals surface area contributed by atoms with Gasteiger partial charge in [-0.15, -0.1) is 0 Å². The maximum atomic E-state index is 14.3. The lowest BCUT2D eigenvalue weighted by Crippen LogP contribution is -2.40. The molecule has 28 heavy (non-hydrogen) atoms. The summed E-state index contributed by atoms with van der Waals surface area (Å²) in [6.07, 6.45) is 0.579. The van der Waals surface area contributed by atoms with E-state index >= 15 is 0 Å². The molecule has 1 saturated heterocycles. The summed E-state index contributed by atoms with van der Waals surface area (Å²) >= 11 is 0. The van der Waals surface area contributed by atoms with Gasteiger partial charge in [-0.2, -0.15) is 4.31 Å². The smallest absolute Gasteiger partial charge is 0.246 e. The van der Waals surface area contributed by atoms with Gasteiger partial charge in [0, 0.05) is 18.8 Å². The summed E-state index contributed by atoms with van der Waals surface area (Å²) < 4.78 is 46.2. The summed E-state index contributed by atoms with van der Waals surface area (Å²) in [6.45, 7) is 2.78. The summed E-state index contributed by atoms with van der Waals surface area (Å²) in [5.41, 5.74) is 1.11. The minimum atomic E-state index is -4.00. The molecule has 0 bridgehead atoms. The van der Waals surface area contributed by atoms with Gasteiger partial charge in [-0.25, -0.2) is 12.8 Å². The molecule has 3 rings (SSSR count). The molecule has 2 aromatic rings. The zero-order chi connectivity index (χ0) is 20.1. The van der Waals surface area contributed by atoms with E-state index in [4.69, 9.17) is 4.74 Å². The predicted molar refractivity (Wildman–Crippen MR) is 104 cm³/mol. The number of benzene rings is 2. The van der Waals surface area contributed by atoms with Gasteiger partial charge in [0.1, 0.15) is 10.7 Å². The Balaban J connectivity index is 1.84. The zero-order valence-electron chi connectivity index (χ0n) is 15.6. The maximum Gasteiger partial charge on any atom is 0.246 e. The first kappa shape index (κ1) is 20.4. The van der Waals surface area contributed by atoms with Crippen molar-refractivity contribution >= 4 is 21.6 Å². The lowest BCUT2D eigenvalue weighted by atomic mass is 9.95. The number of nitrogens with one attached hydrogen (secondary N) is 1. The second kappa shape index (κ2) is 8.81. The van der Waals surface area contributed by atoms with E-state index < -0.39 is 20.7 Å². The van der Waals surface area contributed by atoms with Gasteiger partial charge in [0.2, 0.25) is 15.9 Å². The van der Waals surface area contributed by atoms with Gasteiger partial charge in [0.15, 0.2) is 0 Å². The van der Waals surface area contributed by atoms with E-state index in [-0.39, 0.29) is 43.8 Å². The van der Waals surface area contributed by atoms with Crippen molar-refractivity contribution in [2.24, 2.45) is 0 Å². The van der Waals surface area contributed by atoms with Gasteiger partial charge >= 0.3 is 0 Å². The first-order valence-corrected chi connectivity index (χ1v) is 10.6. The highest BCUT2D eigenvalue weighted by atomic mass is 32.2. The third-order valence-corrected chi connectivity index (χ3v) is 6.63. The third-order valence-electron chi connectivity index (χ3n) is 4.71. The lowest BCUT2D eigenvalue weighted by Gasteiger charge is -2.26. The molecule has 150 valence electrons. The van der Waals surface area contributed by atoms with E-state index in [1.54, 1.807) is 0 Å². The Labute approximate surface area is 164 Å². The van der Waals surface area contributed by atoms with Crippen LogP contribution in [0.3, 0.4) is 0 Å². The highest BCUT2D eigenvalue weighted by molar-refractivity contribution is 7.89. The molecule has 1 aliphatic heterocycles. The molecule has 0 aliphatic carbocycles. The van der Waals surface area contributed by atoms with Crippen LogP contribution >= 0.6 is 0 Å².